The number of carboxylic acid groups (broad SMARTS) is 1. The van der Waals surface area contributed by atoms with Gasteiger partial charge in [-0.15, -0.1) is 0 Å². The highest BCUT2D eigenvalue weighted by Crippen LogP contribution is 2.20. The molecular weight excluding hydrogens is 285 g/mol. The zero-order chi connectivity index (χ0) is 16.2. The van der Waals surface area contributed by atoms with E-state index in [0.29, 0.717) is 0 Å². The van der Waals surface area contributed by atoms with E-state index in [2.05, 4.69) is 10.6 Å². The largest absolute Gasteiger partial charge is 0.481 e. The van der Waals surface area contributed by atoms with E-state index in [-0.39, 0.29) is 5.69 Å². The summed E-state index contributed by atoms with van der Waals surface area (Å²) in [7, 11) is 0. The number of nitrogens with zero attached hydrogens (tertiary/aromatic N) is 1. The number of rotatable bonds is 5. The third-order valence-corrected chi connectivity index (χ3v) is 2.90. The molecular formula is C12H14FN3O5. The Kier molecular flexibility index (Phi) is 5.17. The molecule has 1 aromatic carbocycles. The van der Waals surface area contributed by atoms with E-state index in [0.717, 1.165) is 12.1 Å². The van der Waals surface area contributed by atoms with Crippen molar-refractivity contribution >= 4 is 23.4 Å². The van der Waals surface area contributed by atoms with E-state index in [4.69, 9.17) is 5.11 Å². The Morgan fingerprint density at radius 1 is 1.38 bits per heavy atom. The minimum Gasteiger partial charge on any atom is -0.481 e. The van der Waals surface area contributed by atoms with Crippen LogP contribution in [0.1, 0.15) is 13.8 Å². The zero-order valence-electron chi connectivity index (χ0n) is 11.3. The van der Waals surface area contributed by atoms with Crippen molar-refractivity contribution in [3.63, 3.8) is 0 Å². The minimum absolute atomic E-state index is 0.0192. The Balaban J connectivity index is 2.69. The van der Waals surface area contributed by atoms with Crippen LogP contribution >= 0.6 is 0 Å². The molecule has 0 aliphatic carbocycles. The van der Waals surface area contributed by atoms with Gasteiger partial charge in [0.1, 0.15) is 0 Å². The molecule has 0 bridgehead atoms. The number of amides is 2. The molecule has 2 atom stereocenters. The van der Waals surface area contributed by atoms with Crippen LogP contribution in [0.15, 0.2) is 18.2 Å². The summed E-state index contributed by atoms with van der Waals surface area (Å²) in [5, 5.41) is 23.9. The molecule has 0 spiro atoms. The highest BCUT2D eigenvalue weighted by atomic mass is 19.1. The van der Waals surface area contributed by atoms with Crippen LogP contribution in [0.4, 0.5) is 20.6 Å². The van der Waals surface area contributed by atoms with Gasteiger partial charge in [-0.1, -0.05) is 0 Å². The number of hydrogen-bond donors (Lipinski definition) is 3. The van der Waals surface area contributed by atoms with Crippen molar-refractivity contribution in [3.05, 3.63) is 34.1 Å². The number of carbonyl (C=O) groups excluding carboxylic acids is 1. The lowest BCUT2D eigenvalue weighted by Gasteiger charge is -2.18. The molecule has 2 unspecified atom stereocenters. The summed E-state index contributed by atoms with van der Waals surface area (Å²) in [5.41, 5.74) is -0.681. The number of aliphatic carboxylic acids is 1. The summed E-state index contributed by atoms with van der Waals surface area (Å²) in [4.78, 5) is 31.9. The van der Waals surface area contributed by atoms with Gasteiger partial charge in [-0.25, -0.2) is 4.79 Å². The number of nitro benzene ring substituents is 1. The first kappa shape index (κ1) is 16.3. The molecule has 21 heavy (non-hydrogen) atoms. The van der Waals surface area contributed by atoms with Gasteiger partial charge in [0.15, 0.2) is 0 Å². The number of urea groups is 1. The molecule has 9 heteroatoms. The van der Waals surface area contributed by atoms with Gasteiger partial charge in [0.05, 0.1) is 10.8 Å². The van der Waals surface area contributed by atoms with Gasteiger partial charge in [0.25, 0.3) is 0 Å². The van der Waals surface area contributed by atoms with Gasteiger partial charge in [0, 0.05) is 23.9 Å². The SMILES string of the molecule is CC(NC(=O)Nc1ccc([N+](=O)[O-])c(F)c1)C(C)C(=O)O. The second-order valence-corrected chi connectivity index (χ2v) is 4.44. The standard InChI is InChI=1S/C12H14FN3O5/c1-6(11(17)18)7(2)14-12(19)15-8-3-4-10(16(20)21)9(13)5-8/h3-7H,1-2H3,(H,17,18)(H2,14,15,19). The first-order valence-electron chi connectivity index (χ1n) is 5.96. The van der Waals surface area contributed by atoms with Crippen LogP contribution in [-0.4, -0.2) is 28.1 Å². The summed E-state index contributed by atoms with van der Waals surface area (Å²) in [6.45, 7) is 2.94. The van der Waals surface area contributed by atoms with Gasteiger partial charge < -0.3 is 15.7 Å². The van der Waals surface area contributed by atoms with E-state index >= 15 is 0 Å². The van der Waals surface area contributed by atoms with E-state index in [1.54, 1.807) is 0 Å². The van der Waals surface area contributed by atoms with Crippen LogP contribution in [-0.2, 0) is 4.79 Å². The Bertz CT molecular complexity index is 578. The van der Waals surface area contributed by atoms with Gasteiger partial charge in [-0.2, -0.15) is 4.39 Å². The summed E-state index contributed by atoms with van der Waals surface area (Å²) in [6.07, 6.45) is 0. The molecule has 3 N–H and O–H groups in total. The number of nitro groups is 1. The number of halogens is 1. The molecule has 1 rings (SSSR count). The number of carboxylic acids is 1. The van der Waals surface area contributed by atoms with Crippen molar-refractivity contribution in [2.45, 2.75) is 19.9 Å². The molecule has 0 saturated heterocycles. The van der Waals surface area contributed by atoms with E-state index in [1.807, 2.05) is 0 Å². The Hall–Kier alpha value is -2.71. The second kappa shape index (κ2) is 6.64. The van der Waals surface area contributed by atoms with Crippen molar-refractivity contribution in [1.82, 2.24) is 5.32 Å². The predicted octanol–water partition coefficient (Wildman–Crippen LogP) is 1.96. The average Bonchev–Trinajstić information content (AvgIpc) is 2.36. The smallest absolute Gasteiger partial charge is 0.319 e. The molecule has 0 radical (unpaired) electrons. The predicted molar refractivity (Wildman–Crippen MR) is 71.5 cm³/mol. The fraction of sp³-hybridized carbons (Fsp3) is 0.333. The molecule has 0 aliphatic rings. The highest BCUT2D eigenvalue weighted by molar-refractivity contribution is 5.90. The number of anilines is 1. The number of carbonyl (C=O) groups is 2. The maximum absolute atomic E-state index is 13.4. The number of nitrogens with one attached hydrogen (secondary N) is 2. The third kappa shape index (κ3) is 4.41. The van der Waals surface area contributed by atoms with Gasteiger partial charge in [-0.05, 0) is 19.9 Å². The van der Waals surface area contributed by atoms with Crippen molar-refractivity contribution in [3.8, 4) is 0 Å². The van der Waals surface area contributed by atoms with Crippen molar-refractivity contribution in [1.29, 1.82) is 0 Å². The summed E-state index contributed by atoms with van der Waals surface area (Å²) in [5.74, 6) is -2.95. The maximum atomic E-state index is 13.4. The van der Waals surface area contributed by atoms with E-state index in [9.17, 15) is 24.1 Å². The lowest BCUT2D eigenvalue weighted by Crippen LogP contribution is -2.42. The van der Waals surface area contributed by atoms with Crippen molar-refractivity contribution in [2.75, 3.05) is 5.32 Å². The topological polar surface area (TPSA) is 122 Å². The average molecular weight is 299 g/mol. The van der Waals surface area contributed by atoms with E-state index in [1.165, 1.54) is 19.9 Å². The van der Waals surface area contributed by atoms with Crippen molar-refractivity contribution in [2.24, 2.45) is 5.92 Å². The van der Waals surface area contributed by atoms with Crippen LogP contribution in [0, 0.1) is 21.8 Å². The monoisotopic (exact) mass is 299 g/mol. The first-order valence-corrected chi connectivity index (χ1v) is 5.96. The molecule has 0 aliphatic heterocycles. The number of benzene rings is 1. The highest BCUT2D eigenvalue weighted by Gasteiger charge is 2.21. The van der Waals surface area contributed by atoms with Crippen molar-refractivity contribution < 1.29 is 24.0 Å². The molecule has 0 heterocycles. The summed E-state index contributed by atoms with van der Waals surface area (Å²) >= 11 is 0. The first-order chi connectivity index (χ1) is 9.72. The van der Waals surface area contributed by atoms with Crippen LogP contribution in [0.3, 0.4) is 0 Å². The summed E-state index contributed by atoms with van der Waals surface area (Å²) < 4.78 is 13.4. The van der Waals surface area contributed by atoms with Crippen LogP contribution in [0.5, 0.6) is 0 Å². The van der Waals surface area contributed by atoms with Crippen LogP contribution < -0.4 is 10.6 Å². The zero-order valence-corrected chi connectivity index (χ0v) is 11.3. The Morgan fingerprint density at radius 3 is 2.48 bits per heavy atom. The van der Waals surface area contributed by atoms with E-state index < -0.39 is 40.4 Å². The lowest BCUT2D eigenvalue weighted by molar-refractivity contribution is -0.387. The molecule has 0 saturated carbocycles. The molecule has 114 valence electrons. The second-order valence-electron chi connectivity index (χ2n) is 4.44. The lowest BCUT2D eigenvalue weighted by atomic mass is 10.0. The number of hydrogen-bond acceptors (Lipinski definition) is 4. The van der Waals surface area contributed by atoms with Gasteiger partial charge >= 0.3 is 17.7 Å². The molecule has 0 fully saturated rings. The maximum Gasteiger partial charge on any atom is 0.319 e. The van der Waals surface area contributed by atoms with Crippen LogP contribution in [0.25, 0.3) is 0 Å². The van der Waals surface area contributed by atoms with Gasteiger partial charge in [-0.3, -0.25) is 14.9 Å². The molecule has 1 aromatic rings. The van der Waals surface area contributed by atoms with Crippen LogP contribution in [0.2, 0.25) is 0 Å². The fourth-order valence-electron chi connectivity index (χ4n) is 1.45. The molecule has 8 nitrogen and oxygen atoms in total. The normalized spacial score (nSPS) is 13.1. The Labute approximate surface area is 119 Å². The molecule has 0 aromatic heterocycles. The Morgan fingerprint density at radius 2 is 2.00 bits per heavy atom. The summed E-state index contributed by atoms with van der Waals surface area (Å²) in [6, 6.07) is 1.53. The third-order valence-electron chi connectivity index (χ3n) is 2.90. The molecule has 2 amide bonds. The fourth-order valence-corrected chi connectivity index (χ4v) is 1.45. The van der Waals surface area contributed by atoms with Gasteiger partial charge in [0.2, 0.25) is 5.82 Å². The minimum atomic E-state index is -1.08. The quantitative estimate of drug-likeness (QED) is 0.566.